The molecule has 2 atom stereocenters. The molecule has 2 fully saturated rings. The molecule has 1 saturated carbocycles. The molecule has 0 spiro atoms. The van der Waals surface area contributed by atoms with Crippen molar-refractivity contribution in [2.45, 2.75) is 27.2 Å². The molecule has 1 N–H and O–H groups in total. The Labute approximate surface area is 185 Å². The van der Waals surface area contributed by atoms with E-state index in [0.29, 0.717) is 18.0 Å². The second kappa shape index (κ2) is 10.3. The minimum absolute atomic E-state index is 0.0563. The molecule has 164 valence electrons. The summed E-state index contributed by atoms with van der Waals surface area (Å²) in [5.41, 5.74) is 2.33. The van der Waals surface area contributed by atoms with E-state index in [-0.39, 0.29) is 11.8 Å². The van der Waals surface area contributed by atoms with E-state index in [0.717, 1.165) is 36.2 Å². The van der Waals surface area contributed by atoms with Crippen LogP contribution in [-0.4, -0.2) is 41.2 Å². The number of rotatable bonds is 5. The maximum absolute atomic E-state index is 11.9. The third-order valence-corrected chi connectivity index (χ3v) is 5.58. The first kappa shape index (κ1) is 22.6. The fourth-order valence-corrected chi connectivity index (χ4v) is 3.68. The number of nitrogens with zero attached hydrogens (tertiary/aromatic N) is 2. The van der Waals surface area contributed by atoms with Gasteiger partial charge < -0.3 is 15.1 Å². The molecule has 1 aromatic rings. The molecule has 31 heavy (non-hydrogen) atoms. The number of carbonyl (C=O) groups excluding carboxylic acids is 2. The van der Waals surface area contributed by atoms with Gasteiger partial charge in [-0.2, -0.15) is 0 Å². The van der Waals surface area contributed by atoms with Crippen molar-refractivity contribution in [3.8, 4) is 0 Å². The maximum atomic E-state index is 11.9. The highest BCUT2D eigenvalue weighted by Crippen LogP contribution is 2.45. The van der Waals surface area contributed by atoms with Crippen LogP contribution in [-0.2, 0) is 4.79 Å². The Morgan fingerprint density at radius 2 is 1.84 bits per heavy atom. The predicted molar refractivity (Wildman–Crippen MR) is 125 cm³/mol. The zero-order valence-corrected chi connectivity index (χ0v) is 18.8. The van der Waals surface area contributed by atoms with Gasteiger partial charge in [-0.3, -0.25) is 9.59 Å². The number of likely N-dealkylation sites (tertiary alicyclic amines) is 1. The Morgan fingerprint density at radius 1 is 1.16 bits per heavy atom. The molecule has 2 aliphatic heterocycles. The minimum Gasteiger partial charge on any atom is -0.352 e. The number of piperidine rings is 1. The predicted octanol–water partition coefficient (Wildman–Crippen LogP) is 4.34. The monoisotopic (exact) mass is 419 g/mol. The summed E-state index contributed by atoms with van der Waals surface area (Å²) in [6.07, 6.45) is 10.8. The van der Waals surface area contributed by atoms with Crippen LogP contribution in [0.25, 0.3) is 0 Å². The maximum Gasteiger partial charge on any atom is 0.253 e. The molecule has 1 aliphatic carbocycles. The summed E-state index contributed by atoms with van der Waals surface area (Å²) in [4.78, 5) is 27.5. The molecule has 2 unspecified atom stereocenters. The SMILES string of the molecule is C=C1C=CC(C(=O)NCC)=CN1/C=C\C(C)C.O=C(c1ccccc1)N1CC2CC2C1. The van der Waals surface area contributed by atoms with Crippen molar-refractivity contribution in [1.82, 2.24) is 15.1 Å². The average molecular weight is 420 g/mol. The molecule has 2 amide bonds. The number of hydrogen-bond acceptors (Lipinski definition) is 3. The molecule has 0 aromatic heterocycles. The van der Waals surface area contributed by atoms with Crippen LogP contribution < -0.4 is 5.32 Å². The molecule has 5 heteroatoms. The fourth-order valence-electron chi connectivity index (χ4n) is 3.68. The fraction of sp³-hybridized carbons (Fsp3) is 0.385. The van der Waals surface area contributed by atoms with Crippen molar-refractivity contribution in [2.75, 3.05) is 19.6 Å². The van der Waals surface area contributed by atoms with E-state index < -0.39 is 0 Å². The van der Waals surface area contributed by atoms with E-state index in [2.05, 4.69) is 31.8 Å². The molecular formula is C26H33N3O2. The third kappa shape index (κ3) is 6.20. The van der Waals surface area contributed by atoms with Gasteiger partial charge in [-0.1, -0.05) is 44.7 Å². The van der Waals surface area contributed by atoms with Gasteiger partial charge in [-0.15, -0.1) is 0 Å². The number of nitrogens with one attached hydrogen (secondary N) is 1. The first-order valence-electron chi connectivity index (χ1n) is 11.1. The van der Waals surface area contributed by atoms with Gasteiger partial charge in [0.2, 0.25) is 0 Å². The molecular weight excluding hydrogens is 386 g/mol. The highest BCUT2D eigenvalue weighted by atomic mass is 16.2. The van der Waals surface area contributed by atoms with Gasteiger partial charge in [0.1, 0.15) is 0 Å². The first-order chi connectivity index (χ1) is 14.9. The van der Waals surface area contributed by atoms with Crippen molar-refractivity contribution in [2.24, 2.45) is 17.8 Å². The van der Waals surface area contributed by atoms with Gasteiger partial charge in [0.15, 0.2) is 0 Å². The van der Waals surface area contributed by atoms with Crippen molar-refractivity contribution in [3.05, 3.63) is 84.4 Å². The first-order valence-corrected chi connectivity index (χ1v) is 11.1. The van der Waals surface area contributed by atoms with Crippen molar-refractivity contribution in [3.63, 3.8) is 0 Å². The van der Waals surface area contributed by atoms with Crippen LogP contribution in [0.2, 0.25) is 0 Å². The molecule has 3 aliphatic rings. The number of benzene rings is 1. The zero-order valence-electron chi connectivity index (χ0n) is 18.8. The Bertz CT molecular complexity index is 888. The molecule has 2 heterocycles. The number of allylic oxidation sites excluding steroid dienone is 2. The van der Waals surface area contributed by atoms with Crippen molar-refractivity contribution < 1.29 is 9.59 Å². The smallest absolute Gasteiger partial charge is 0.253 e. The van der Waals surface area contributed by atoms with Crippen molar-refractivity contribution in [1.29, 1.82) is 0 Å². The summed E-state index contributed by atoms with van der Waals surface area (Å²) in [5, 5.41) is 2.78. The average Bonchev–Trinajstić information content (AvgIpc) is 3.38. The van der Waals surface area contributed by atoms with Crippen LogP contribution in [0.3, 0.4) is 0 Å². The second-order valence-corrected chi connectivity index (χ2v) is 8.59. The van der Waals surface area contributed by atoms with E-state index in [9.17, 15) is 9.59 Å². The van der Waals surface area contributed by atoms with Crippen LogP contribution >= 0.6 is 0 Å². The van der Waals surface area contributed by atoms with Crippen LogP contribution in [0.5, 0.6) is 0 Å². The second-order valence-electron chi connectivity index (χ2n) is 8.59. The largest absolute Gasteiger partial charge is 0.352 e. The normalized spacial score (nSPS) is 21.5. The van der Waals surface area contributed by atoms with E-state index in [1.54, 1.807) is 12.3 Å². The Morgan fingerprint density at radius 3 is 2.45 bits per heavy atom. The minimum atomic E-state index is -0.0563. The Kier molecular flexibility index (Phi) is 7.50. The number of hydrogen-bond donors (Lipinski definition) is 1. The van der Waals surface area contributed by atoms with Gasteiger partial charge in [0, 0.05) is 43.3 Å². The standard InChI is InChI=1S/C14H20N2O.C12H13NO/c1-5-15-14(17)13-7-6-12(4)16(10-13)9-8-11(2)3;14-12(9-4-2-1-3-5-9)13-7-10-6-11(10)8-13/h6-11H,4-5H2,1-3H3,(H,15,17);1-5,10-11H,6-8H2/b9-8-;. The number of fused-ring (bicyclic) bond motifs is 1. The topological polar surface area (TPSA) is 52.7 Å². The van der Waals surface area contributed by atoms with Gasteiger partial charge in [0.05, 0.1) is 5.57 Å². The van der Waals surface area contributed by atoms with Crippen molar-refractivity contribution >= 4 is 11.8 Å². The van der Waals surface area contributed by atoms with Crippen LogP contribution in [0.15, 0.2) is 78.8 Å². The molecule has 1 aromatic carbocycles. The number of likely N-dealkylation sites (N-methyl/N-ethyl adjacent to an activating group) is 1. The molecule has 0 bridgehead atoms. The van der Waals surface area contributed by atoms with E-state index >= 15 is 0 Å². The highest BCUT2D eigenvalue weighted by molar-refractivity contribution is 5.96. The van der Waals surface area contributed by atoms with Gasteiger partial charge in [-0.05, 0) is 55.4 Å². The Balaban J connectivity index is 0.000000178. The number of amides is 2. The summed E-state index contributed by atoms with van der Waals surface area (Å²) in [7, 11) is 0. The van der Waals surface area contributed by atoms with E-state index in [1.165, 1.54) is 6.42 Å². The lowest BCUT2D eigenvalue weighted by molar-refractivity contribution is -0.117. The summed E-state index contributed by atoms with van der Waals surface area (Å²) >= 11 is 0. The van der Waals surface area contributed by atoms with E-state index in [1.807, 2.05) is 59.3 Å². The highest BCUT2D eigenvalue weighted by Gasteiger charge is 2.46. The lowest BCUT2D eigenvalue weighted by Crippen LogP contribution is -2.30. The molecule has 1 saturated heterocycles. The lowest BCUT2D eigenvalue weighted by Gasteiger charge is -2.21. The molecule has 4 rings (SSSR count). The van der Waals surface area contributed by atoms with Gasteiger partial charge in [-0.25, -0.2) is 0 Å². The summed E-state index contributed by atoms with van der Waals surface area (Å²) in [6, 6.07) is 9.57. The summed E-state index contributed by atoms with van der Waals surface area (Å²) in [6.45, 7) is 12.6. The van der Waals surface area contributed by atoms with E-state index in [4.69, 9.17) is 0 Å². The quantitative estimate of drug-likeness (QED) is 0.772. The Hall–Kier alpha value is -3.08. The van der Waals surface area contributed by atoms with Gasteiger partial charge >= 0.3 is 0 Å². The zero-order chi connectivity index (χ0) is 22.4. The third-order valence-electron chi connectivity index (χ3n) is 5.58. The van der Waals surface area contributed by atoms with Crippen LogP contribution in [0.4, 0.5) is 0 Å². The number of carbonyl (C=O) groups is 2. The summed E-state index contributed by atoms with van der Waals surface area (Å²) < 4.78 is 0. The molecule has 5 nitrogen and oxygen atoms in total. The summed E-state index contributed by atoms with van der Waals surface area (Å²) in [5.74, 6) is 2.26. The van der Waals surface area contributed by atoms with Crippen LogP contribution in [0, 0.1) is 17.8 Å². The van der Waals surface area contributed by atoms with Crippen LogP contribution in [0.1, 0.15) is 37.6 Å². The lowest BCUT2D eigenvalue weighted by atomic mass is 10.1. The van der Waals surface area contributed by atoms with Gasteiger partial charge in [0.25, 0.3) is 11.8 Å². The molecule has 0 radical (unpaired) electrons.